The number of likely N-dealkylation sites (N-methyl/N-ethyl adjacent to an activating group) is 1. The second-order valence-electron chi connectivity index (χ2n) is 7.36. The molecule has 3 aromatic rings. The third kappa shape index (κ3) is 5.43. The number of aromatic nitrogens is 4. The molecule has 0 bridgehead atoms. The van der Waals surface area contributed by atoms with Crippen LogP contribution in [0.5, 0.6) is 0 Å². The van der Waals surface area contributed by atoms with Gasteiger partial charge in [0.1, 0.15) is 17.5 Å². The van der Waals surface area contributed by atoms with Crippen LogP contribution in [0, 0.1) is 11.6 Å². The molecule has 29 heavy (non-hydrogen) atoms. The van der Waals surface area contributed by atoms with Crippen molar-refractivity contribution >= 4 is 11.8 Å². The minimum atomic E-state index is -0.572. The lowest BCUT2D eigenvalue weighted by Crippen LogP contribution is -2.43. The summed E-state index contributed by atoms with van der Waals surface area (Å²) in [5, 5.41) is 0.590. The van der Waals surface area contributed by atoms with E-state index in [2.05, 4.69) is 36.8 Å². The van der Waals surface area contributed by atoms with E-state index in [1.165, 1.54) is 23.9 Å². The van der Waals surface area contributed by atoms with Crippen molar-refractivity contribution in [2.24, 2.45) is 0 Å². The van der Waals surface area contributed by atoms with Gasteiger partial charge in [0, 0.05) is 63.1 Å². The van der Waals surface area contributed by atoms with E-state index in [0.717, 1.165) is 55.5 Å². The third-order valence-electron chi connectivity index (χ3n) is 5.01. The van der Waals surface area contributed by atoms with E-state index in [0.29, 0.717) is 12.0 Å². The predicted molar refractivity (Wildman–Crippen MR) is 109 cm³/mol. The highest BCUT2D eigenvalue weighted by molar-refractivity contribution is 7.99. The molecule has 9 heteroatoms. The van der Waals surface area contributed by atoms with E-state index in [9.17, 15) is 8.78 Å². The number of rotatable bonds is 7. The van der Waals surface area contributed by atoms with Crippen LogP contribution in [0.4, 0.5) is 8.78 Å². The van der Waals surface area contributed by atoms with Crippen molar-refractivity contribution in [2.75, 3.05) is 33.2 Å². The lowest BCUT2D eigenvalue weighted by atomic mass is 10.1. The van der Waals surface area contributed by atoms with E-state index in [4.69, 9.17) is 0 Å². The molecule has 1 atom stereocenters. The smallest absolute Gasteiger partial charge is 0.165 e. The second kappa shape index (κ2) is 9.06. The molecule has 2 N–H and O–H groups in total. The first-order valence-corrected chi connectivity index (χ1v) is 10.5. The number of aromatic amines is 2. The summed E-state index contributed by atoms with van der Waals surface area (Å²) in [7, 11) is 2.14. The second-order valence-corrected chi connectivity index (χ2v) is 8.55. The van der Waals surface area contributed by atoms with Crippen LogP contribution in [0.3, 0.4) is 0 Å². The highest BCUT2D eigenvalue weighted by atomic mass is 32.2. The summed E-state index contributed by atoms with van der Waals surface area (Å²) in [6, 6.07) is 3.62. The van der Waals surface area contributed by atoms with Gasteiger partial charge in [-0.1, -0.05) is 11.8 Å². The number of halogens is 2. The minimum absolute atomic E-state index is 0.149. The number of nitrogens with one attached hydrogen (secondary N) is 2. The molecule has 0 aliphatic carbocycles. The molecule has 4 rings (SSSR count). The fraction of sp³-hybridized carbons (Fsp3) is 0.400. The van der Waals surface area contributed by atoms with Crippen LogP contribution >= 0.6 is 11.8 Å². The SMILES string of the molecule is CN1CCN(Cc2cnc(C(Cc3cc(F)cc(F)c3)Sc3ncc[nH]3)[nH]2)CC1. The van der Waals surface area contributed by atoms with Gasteiger partial charge in [0.15, 0.2) is 5.16 Å². The highest BCUT2D eigenvalue weighted by Crippen LogP contribution is 2.35. The van der Waals surface area contributed by atoms with Crippen molar-refractivity contribution in [1.82, 2.24) is 29.7 Å². The molecule has 1 aliphatic rings. The average Bonchev–Trinajstić information content (AvgIpc) is 3.34. The number of nitrogens with zero attached hydrogens (tertiary/aromatic N) is 4. The summed E-state index contributed by atoms with van der Waals surface area (Å²) in [6.45, 7) is 4.98. The van der Waals surface area contributed by atoms with Gasteiger partial charge in [0.2, 0.25) is 0 Å². The van der Waals surface area contributed by atoms with Gasteiger partial charge in [-0.2, -0.15) is 0 Å². The van der Waals surface area contributed by atoms with Crippen LogP contribution < -0.4 is 0 Å². The zero-order chi connectivity index (χ0) is 20.2. The molecule has 1 saturated heterocycles. The van der Waals surface area contributed by atoms with Gasteiger partial charge in [0.05, 0.1) is 5.25 Å². The molecule has 3 heterocycles. The number of H-pyrrole nitrogens is 2. The maximum atomic E-state index is 13.7. The first-order chi connectivity index (χ1) is 14.0. The molecule has 1 fully saturated rings. The van der Waals surface area contributed by atoms with E-state index in [-0.39, 0.29) is 5.25 Å². The summed E-state index contributed by atoms with van der Waals surface area (Å²) >= 11 is 1.49. The fourth-order valence-corrected chi connectivity index (χ4v) is 4.49. The van der Waals surface area contributed by atoms with Crippen molar-refractivity contribution in [3.63, 3.8) is 0 Å². The quantitative estimate of drug-likeness (QED) is 0.577. The molecule has 1 aromatic carbocycles. The van der Waals surface area contributed by atoms with E-state index >= 15 is 0 Å². The maximum Gasteiger partial charge on any atom is 0.165 e. The van der Waals surface area contributed by atoms with Crippen molar-refractivity contribution in [1.29, 1.82) is 0 Å². The van der Waals surface area contributed by atoms with Crippen molar-refractivity contribution in [3.8, 4) is 0 Å². The van der Waals surface area contributed by atoms with Gasteiger partial charge >= 0.3 is 0 Å². The van der Waals surface area contributed by atoms with Crippen LogP contribution in [0.2, 0.25) is 0 Å². The summed E-state index contributed by atoms with van der Waals surface area (Å²) in [5.74, 6) is -0.367. The number of hydrogen-bond donors (Lipinski definition) is 2. The minimum Gasteiger partial charge on any atom is -0.344 e. The number of thioether (sulfide) groups is 1. The average molecular weight is 419 g/mol. The third-order valence-corrected chi connectivity index (χ3v) is 6.13. The monoisotopic (exact) mass is 418 g/mol. The summed E-state index contributed by atoms with van der Waals surface area (Å²) in [5.41, 5.74) is 1.63. The van der Waals surface area contributed by atoms with Gasteiger partial charge in [-0.05, 0) is 31.2 Å². The van der Waals surface area contributed by atoms with E-state index in [1.54, 1.807) is 12.4 Å². The van der Waals surface area contributed by atoms with Gasteiger partial charge < -0.3 is 14.9 Å². The number of hydrogen-bond acceptors (Lipinski definition) is 5. The Labute approximate surface area is 172 Å². The summed E-state index contributed by atoms with van der Waals surface area (Å²) in [4.78, 5) is 20.1. The lowest BCUT2D eigenvalue weighted by molar-refractivity contribution is 0.147. The molecule has 2 aromatic heterocycles. The Balaban J connectivity index is 1.50. The predicted octanol–water partition coefficient (Wildman–Crippen LogP) is 3.23. The number of piperazine rings is 1. The Morgan fingerprint density at radius 2 is 1.86 bits per heavy atom. The van der Waals surface area contributed by atoms with Gasteiger partial charge in [-0.3, -0.25) is 4.90 Å². The molecular formula is C20H24F2N6S. The van der Waals surface area contributed by atoms with Crippen molar-refractivity contribution in [2.45, 2.75) is 23.4 Å². The molecule has 0 radical (unpaired) electrons. The molecule has 1 aliphatic heterocycles. The zero-order valence-corrected chi connectivity index (χ0v) is 17.1. The Kier molecular flexibility index (Phi) is 6.27. The number of benzene rings is 1. The molecule has 0 spiro atoms. The van der Waals surface area contributed by atoms with Crippen molar-refractivity contribution < 1.29 is 8.78 Å². The largest absolute Gasteiger partial charge is 0.344 e. The Morgan fingerprint density at radius 3 is 2.55 bits per heavy atom. The van der Waals surface area contributed by atoms with Crippen LogP contribution in [-0.2, 0) is 13.0 Å². The molecule has 154 valence electrons. The lowest BCUT2D eigenvalue weighted by Gasteiger charge is -2.31. The Bertz CT molecular complexity index is 901. The molecule has 1 unspecified atom stereocenters. The Morgan fingerprint density at radius 1 is 1.10 bits per heavy atom. The van der Waals surface area contributed by atoms with Crippen LogP contribution in [0.25, 0.3) is 0 Å². The van der Waals surface area contributed by atoms with Crippen molar-refractivity contribution in [3.05, 3.63) is 65.5 Å². The standard InChI is InChI=1S/C20H24F2N6S/c1-27-4-6-28(7-5-27)13-17-12-25-19(26-17)18(29-20-23-2-3-24-20)10-14-8-15(21)11-16(22)9-14/h2-3,8-9,11-12,18H,4-7,10,13H2,1H3,(H,23,24)(H,25,26). The first-order valence-electron chi connectivity index (χ1n) is 9.61. The molecular weight excluding hydrogens is 394 g/mol. The highest BCUT2D eigenvalue weighted by Gasteiger charge is 2.21. The zero-order valence-electron chi connectivity index (χ0n) is 16.2. The maximum absolute atomic E-state index is 13.7. The van der Waals surface area contributed by atoms with E-state index in [1.807, 2.05) is 6.20 Å². The topological polar surface area (TPSA) is 63.8 Å². The molecule has 0 saturated carbocycles. The first kappa shape index (κ1) is 20.1. The summed E-state index contributed by atoms with van der Waals surface area (Å²) in [6.07, 6.45) is 5.72. The summed E-state index contributed by atoms with van der Waals surface area (Å²) < 4.78 is 27.3. The Hall–Kier alpha value is -2.23. The molecule has 6 nitrogen and oxygen atoms in total. The van der Waals surface area contributed by atoms with E-state index < -0.39 is 11.6 Å². The normalized spacial score (nSPS) is 16.9. The fourth-order valence-electron chi connectivity index (χ4n) is 3.45. The van der Waals surface area contributed by atoms with Crippen LogP contribution in [0.15, 0.2) is 41.9 Å². The van der Waals surface area contributed by atoms with Crippen LogP contribution in [0.1, 0.15) is 22.3 Å². The van der Waals surface area contributed by atoms with Gasteiger partial charge in [-0.15, -0.1) is 0 Å². The van der Waals surface area contributed by atoms with Crippen LogP contribution in [-0.4, -0.2) is 63.0 Å². The van der Waals surface area contributed by atoms with Gasteiger partial charge in [-0.25, -0.2) is 18.7 Å². The molecule has 0 amide bonds. The van der Waals surface area contributed by atoms with Gasteiger partial charge in [0.25, 0.3) is 0 Å². The number of imidazole rings is 2.